The summed E-state index contributed by atoms with van der Waals surface area (Å²) in [6, 6.07) is 11.9. The number of benzene rings is 1. The number of piperidine rings is 1. The number of carbonyl (C=O) groups excluding carboxylic acids is 2. The Balaban J connectivity index is 1.70. The van der Waals surface area contributed by atoms with E-state index >= 15 is 0 Å². The number of primary amides is 1. The van der Waals surface area contributed by atoms with Crippen LogP contribution < -0.4 is 11.1 Å². The van der Waals surface area contributed by atoms with Gasteiger partial charge in [-0.3, -0.25) is 19.5 Å². The van der Waals surface area contributed by atoms with Gasteiger partial charge < -0.3 is 11.1 Å². The Morgan fingerprint density at radius 3 is 2.30 bits per heavy atom. The Hall–Kier alpha value is -2.73. The van der Waals surface area contributed by atoms with Gasteiger partial charge in [-0.2, -0.15) is 0 Å². The summed E-state index contributed by atoms with van der Waals surface area (Å²) in [5.74, 6) is -0.324. The molecule has 27 heavy (non-hydrogen) atoms. The summed E-state index contributed by atoms with van der Waals surface area (Å²) < 4.78 is 0. The predicted octanol–water partition coefficient (Wildman–Crippen LogP) is 1.79. The van der Waals surface area contributed by atoms with E-state index in [0.29, 0.717) is 13.1 Å². The molecular weight excluding hydrogens is 340 g/mol. The first-order valence-corrected chi connectivity index (χ1v) is 9.30. The molecule has 0 saturated carbocycles. The molecule has 142 valence electrons. The second kappa shape index (κ2) is 8.77. The summed E-state index contributed by atoms with van der Waals surface area (Å²) in [5, 5.41) is 3.22. The van der Waals surface area contributed by atoms with Crippen molar-refractivity contribution in [1.29, 1.82) is 0 Å². The summed E-state index contributed by atoms with van der Waals surface area (Å²) in [6.45, 7) is 3.73. The average molecular weight is 366 g/mol. The molecule has 3 rings (SSSR count). The number of likely N-dealkylation sites (tertiary alicyclic amines) is 1. The number of nitrogens with two attached hydrogens (primary N) is 1. The molecule has 1 saturated heterocycles. The van der Waals surface area contributed by atoms with E-state index in [-0.39, 0.29) is 30.3 Å². The molecule has 1 aliphatic rings. The van der Waals surface area contributed by atoms with E-state index in [1.54, 1.807) is 12.4 Å². The zero-order valence-corrected chi connectivity index (χ0v) is 15.6. The molecule has 1 unspecified atom stereocenters. The first kappa shape index (κ1) is 19.0. The molecule has 2 aromatic rings. The Morgan fingerprint density at radius 2 is 1.70 bits per heavy atom. The Morgan fingerprint density at radius 1 is 1.11 bits per heavy atom. The second-order valence-electron chi connectivity index (χ2n) is 7.15. The van der Waals surface area contributed by atoms with Crippen molar-refractivity contribution in [1.82, 2.24) is 15.2 Å². The molecule has 1 aromatic heterocycles. The topological polar surface area (TPSA) is 88.3 Å². The van der Waals surface area contributed by atoms with Crippen molar-refractivity contribution in [2.45, 2.75) is 25.8 Å². The lowest BCUT2D eigenvalue weighted by Crippen LogP contribution is -2.44. The standard InChI is InChI=1S/C21H26N4O2/c1-15-2-4-16(5-3-15)20(17-6-10-23-11-7-17)24-21(27)18-8-12-25(13-9-18)14-19(22)26/h2-7,10-11,18,20H,8-9,12-14H2,1H3,(H2,22,26)(H,24,27). The van der Waals surface area contributed by atoms with Crippen molar-refractivity contribution in [3.8, 4) is 0 Å². The van der Waals surface area contributed by atoms with Crippen LogP contribution in [-0.2, 0) is 9.59 Å². The lowest BCUT2D eigenvalue weighted by Gasteiger charge is -2.31. The first-order chi connectivity index (χ1) is 13.0. The van der Waals surface area contributed by atoms with Gasteiger partial charge in [0.25, 0.3) is 0 Å². The quantitative estimate of drug-likeness (QED) is 0.816. The third-order valence-corrected chi connectivity index (χ3v) is 5.07. The summed E-state index contributed by atoms with van der Waals surface area (Å²) in [4.78, 5) is 30.1. The summed E-state index contributed by atoms with van der Waals surface area (Å²) >= 11 is 0. The molecule has 0 spiro atoms. The lowest BCUT2D eigenvalue weighted by molar-refractivity contribution is -0.127. The highest BCUT2D eigenvalue weighted by Crippen LogP contribution is 2.24. The molecule has 6 heteroatoms. The molecule has 1 fully saturated rings. The fraction of sp³-hybridized carbons (Fsp3) is 0.381. The normalized spacial score (nSPS) is 16.6. The molecule has 0 radical (unpaired) electrons. The van der Waals surface area contributed by atoms with Crippen LogP contribution in [0.2, 0.25) is 0 Å². The molecular formula is C21H26N4O2. The molecule has 3 N–H and O–H groups in total. The summed E-state index contributed by atoms with van der Waals surface area (Å²) in [5.41, 5.74) is 8.49. The SMILES string of the molecule is Cc1ccc(C(NC(=O)C2CCN(CC(N)=O)CC2)c2ccncc2)cc1. The molecule has 2 heterocycles. The van der Waals surface area contributed by atoms with Gasteiger partial charge in [-0.1, -0.05) is 29.8 Å². The van der Waals surface area contributed by atoms with Crippen molar-refractivity contribution in [3.63, 3.8) is 0 Å². The van der Waals surface area contributed by atoms with E-state index in [0.717, 1.165) is 24.0 Å². The number of nitrogens with one attached hydrogen (secondary N) is 1. The number of pyridine rings is 1. The molecule has 2 amide bonds. The zero-order chi connectivity index (χ0) is 19.2. The number of aryl methyl sites for hydroxylation is 1. The van der Waals surface area contributed by atoms with E-state index in [4.69, 9.17) is 5.73 Å². The lowest BCUT2D eigenvalue weighted by atomic mass is 9.93. The Labute approximate surface area is 159 Å². The van der Waals surface area contributed by atoms with Crippen LogP contribution in [0.25, 0.3) is 0 Å². The van der Waals surface area contributed by atoms with Crippen LogP contribution in [0.1, 0.15) is 35.6 Å². The average Bonchev–Trinajstić information content (AvgIpc) is 2.67. The zero-order valence-electron chi connectivity index (χ0n) is 15.6. The largest absolute Gasteiger partial charge is 0.369 e. The van der Waals surface area contributed by atoms with Gasteiger partial charge in [0.05, 0.1) is 12.6 Å². The van der Waals surface area contributed by atoms with Crippen molar-refractivity contribution >= 4 is 11.8 Å². The number of aromatic nitrogens is 1. The highest BCUT2D eigenvalue weighted by atomic mass is 16.2. The maximum atomic E-state index is 12.9. The van der Waals surface area contributed by atoms with Crippen LogP contribution >= 0.6 is 0 Å². The van der Waals surface area contributed by atoms with Crippen LogP contribution in [0.3, 0.4) is 0 Å². The number of nitrogens with zero attached hydrogens (tertiary/aromatic N) is 2. The van der Waals surface area contributed by atoms with E-state index in [1.165, 1.54) is 5.56 Å². The van der Waals surface area contributed by atoms with Crippen LogP contribution in [0.4, 0.5) is 0 Å². The highest BCUT2D eigenvalue weighted by Gasteiger charge is 2.27. The van der Waals surface area contributed by atoms with Gasteiger partial charge in [-0.25, -0.2) is 0 Å². The van der Waals surface area contributed by atoms with Gasteiger partial charge in [0.2, 0.25) is 11.8 Å². The van der Waals surface area contributed by atoms with E-state index in [1.807, 2.05) is 24.0 Å². The van der Waals surface area contributed by atoms with Gasteiger partial charge in [0, 0.05) is 18.3 Å². The number of hydrogen-bond acceptors (Lipinski definition) is 4. The van der Waals surface area contributed by atoms with Crippen LogP contribution in [0.15, 0.2) is 48.8 Å². The van der Waals surface area contributed by atoms with Gasteiger partial charge in [0.1, 0.15) is 0 Å². The van der Waals surface area contributed by atoms with Crippen molar-refractivity contribution in [2.24, 2.45) is 11.7 Å². The summed E-state index contributed by atoms with van der Waals surface area (Å²) in [7, 11) is 0. The molecule has 1 atom stereocenters. The smallest absolute Gasteiger partial charge is 0.231 e. The monoisotopic (exact) mass is 366 g/mol. The van der Waals surface area contributed by atoms with E-state index in [2.05, 4.69) is 34.6 Å². The Bertz CT molecular complexity index is 769. The van der Waals surface area contributed by atoms with Crippen LogP contribution in [0.5, 0.6) is 0 Å². The number of carbonyl (C=O) groups is 2. The third-order valence-electron chi connectivity index (χ3n) is 5.07. The van der Waals surface area contributed by atoms with Crippen molar-refractivity contribution in [2.75, 3.05) is 19.6 Å². The molecule has 1 aromatic carbocycles. The highest BCUT2D eigenvalue weighted by molar-refractivity contribution is 5.80. The van der Waals surface area contributed by atoms with Crippen LogP contribution in [0, 0.1) is 12.8 Å². The minimum atomic E-state index is -0.324. The van der Waals surface area contributed by atoms with Crippen molar-refractivity contribution in [3.05, 3.63) is 65.5 Å². The Kier molecular flexibility index (Phi) is 6.19. The summed E-state index contributed by atoms with van der Waals surface area (Å²) in [6.07, 6.45) is 4.95. The predicted molar refractivity (Wildman–Crippen MR) is 104 cm³/mol. The molecule has 6 nitrogen and oxygen atoms in total. The van der Waals surface area contributed by atoms with Crippen molar-refractivity contribution < 1.29 is 9.59 Å². The number of amides is 2. The van der Waals surface area contributed by atoms with E-state index in [9.17, 15) is 9.59 Å². The molecule has 0 aliphatic carbocycles. The number of hydrogen-bond donors (Lipinski definition) is 2. The van der Waals surface area contributed by atoms with Gasteiger partial charge >= 0.3 is 0 Å². The first-order valence-electron chi connectivity index (χ1n) is 9.30. The van der Waals surface area contributed by atoms with Gasteiger partial charge in [-0.15, -0.1) is 0 Å². The van der Waals surface area contributed by atoms with Gasteiger partial charge in [-0.05, 0) is 56.1 Å². The van der Waals surface area contributed by atoms with E-state index < -0.39 is 0 Å². The number of rotatable bonds is 6. The minimum absolute atomic E-state index is 0.0519. The molecule has 1 aliphatic heterocycles. The fourth-order valence-electron chi connectivity index (χ4n) is 3.51. The molecule has 0 bridgehead atoms. The van der Waals surface area contributed by atoms with Gasteiger partial charge in [0.15, 0.2) is 0 Å². The maximum Gasteiger partial charge on any atom is 0.231 e. The third kappa shape index (κ3) is 5.14. The second-order valence-corrected chi connectivity index (χ2v) is 7.15. The van der Waals surface area contributed by atoms with Crippen LogP contribution in [-0.4, -0.2) is 41.3 Å². The maximum absolute atomic E-state index is 12.9. The minimum Gasteiger partial charge on any atom is -0.369 e. The fourth-order valence-corrected chi connectivity index (χ4v) is 3.51.